The number of aryl methyl sites for hydroxylation is 8. The average molecular weight is 693 g/mol. The van der Waals surface area contributed by atoms with Gasteiger partial charge in [0, 0.05) is 22.7 Å². The van der Waals surface area contributed by atoms with Crippen molar-refractivity contribution in [3.05, 3.63) is 142 Å². The number of hydrogen-bond acceptors (Lipinski definition) is 2. The van der Waals surface area contributed by atoms with Crippen LogP contribution in [0.3, 0.4) is 0 Å². The van der Waals surface area contributed by atoms with E-state index in [1.807, 2.05) is 0 Å². The van der Waals surface area contributed by atoms with Gasteiger partial charge in [0.15, 0.2) is 0 Å². The van der Waals surface area contributed by atoms with E-state index in [4.69, 9.17) is 0 Å². The highest BCUT2D eigenvalue weighted by atomic mass is 15.2. The molecule has 52 heavy (non-hydrogen) atoms. The van der Waals surface area contributed by atoms with Crippen molar-refractivity contribution < 1.29 is 0 Å². The van der Waals surface area contributed by atoms with Crippen molar-refractivity contribution in [1.29, 1.82) is 0 Å². The van der Waals surface area contributed by atoms with E-state index in [0.29, 0.717) is 0 Å². The molecule has 274 valence electrons. The van der Waals surface area contributed by atoms with Gasteiger partial charge in [-0.1, -0.05) is 146 Å². The predicted octanol–water partition coefficient (Wildman–Crippen LogP) is 15.0. The van der Waals surface area contributed by atoms with Crippen molar-refractivity contribution in [1.82, 2.24) is 0 Å². The Hall–Kier alpha value is -4.30. The fourth-order valence-electron chi connectivity index (χ4n) is 7.92. The largest absolute Gasteiger partial charge is 0.310 e. The normalized spacial score (nSPS) is 11.2. The molecule has 0 aliphatic carbocycles. The third-order valence-corrected chi connectivity index (χ3v) is 10.2. The van der Waals surface area contributed by atoms with Crippen LogP contribution in [0, 0.1) is 13.8 Å². The molecule has 0 fully saturated rings. The Kier molecular flexibility index (Phi) is 14.2. The molecule has 0 atom stereocenters. The second-order valence-electron chi connectivity index (χ2n) is 14.9. The zero-order chi connectivity index (χ0) is 37.0. The summed E-state index contributed by atoms with van der Waals surface area (Å²) in [6.07, 6.45) is 13.3. The van der Waals surface area contributed by atoms with E-state index in [-0.39, 0.29) is 0 Å². The van der Waals surface area contributed by atoms with Gasteiger partial charge in [0.25, 0.3) is 0 Å². The van der Waals surface area contributed by atoms with Crippen molar-refractivity contribution >= 4 is 34.1 Å². The Bertz CT molecular complexity index is 1680. The number of hydrogen-bond donors (Lipinski definition) is 0. The lowest BCUT2D eigenvalue weighted by Crippen LogP contribution is -2.18. The molecule has 2 heteroatoms. The SMILES string of the molecule is CCCc1cc(CCC)c(N(c2ccc(C)cc2)c2cccc(N(c3ccc(C)cc3)c3c(CCC)cc(CCC)cc3CCC)c2)c(CCC)c1. The molecule has 5 rings (SSSR count). The lowest BCUT2D eigenvalue weighted by atomic mass is 9.93. The summed E-state index contributed by atoms with van der Waals surface area (Å²) in [6.45, 7) is 18.2. The quantitative estimate of drug-likeness (QED) is 0.0902. The molecule has 0 spiro atoms. The van der Waals surface area contributed by atoms with Gasteiger partial charge in [-0.3, -0.25) is 0 Å². The van der Waals surface area contributed by atoms with Gasteiger partial charge >= 0.3 is 0 Å². The third kappa shape index (κ3) is 9.19. The number of nitrogens with zero attached hydrogens (tertiary/aromatic N) is 2. The van der Waals surface area contributed by atoms with Gasteiger partial charge in [-0.2, -0.15) is 0 Å². The monoisotopic (exact) mass is 693 g/mol. The Labute approximate surface area is 316 Å². The number of rotatable bonds is 18. The summed E-state index contributed by atoms with van der Waals surface area (Å²) in [5.74, 6) is 0. The molecule has 0 N–H and O–H groups in total. The highest BCUT2D eigenvalue weighted by Gasteiger charge is 2.24. The van der Waals surface area contributed by atoms with E-state index in [2.05, 4.69) is 162 Å². The molecule has 0 aliphatic rings. The van der Waals surface area contributed by atoms with Crippen LogP contribution in [0.2, 0.25) is 0 Å². The van der Waals surface area contributed by atoms with Crippen LogP contribution in [0.1, 0.15) is 125 Å². The van der Waals surface area contributed by atoms with E-state index < -0.39 is 0 Å². The average Bonchev–Trinajstić information content (AvgIpc) is 3.13. The Morgan fingerprint density at radius 2 is 0.654 bits per heavy atom. The van der Waals surface area contributed by atoms with Crippen LogP contribution in [-0.4, -0.2) is 0 Å². The molecule has 0 saturated heterocycles. The standard InChI is InChI=1S/C50H64N2/c1-9-16-39-32-41(18-11-3)49(42(33-39)19-12-4)51(45-28-24-37(7)25-29-45)47-22-15-23-48(36-47)52(46-30-26-38(8)27-31-46)50-43(20-13-5)34-40(17-10-2)35-44(50)21-14-6/h15,22-36H,9-14,16-21H2,1-8H3. The van der Waals surface area contributed by atoms with Crippen LogP contribution in [-0.2, 0) is 38.5 Å². The molecular formula is C50H64N2. The maximum absolute atomic E-state index is 2.58. The molecular weight excluding hydrogens is 629 g/mol. The number of benzene rings is 5. The van der Waals surface area contributed by atoms with Crippen molar-refractivity contribution in [2.45, 2.75) is 132 Å². The van der Waals surface area contributed by atoms with Crippen LogP contribution >= 0.6 is 0 Å². The van der Waals surface area contributed by atoms with Gasteiger partial charge in [-0.15, -0.1) is 0 Å². The fraction of sp³-hybridized carbons (Fsp3) is 0.400. The molecule has 0 bridgehead atoms. The van der Waals surface area contributed by atoms with Crippen molar-refractivity contribution in [2.75, 3.05) is 9.80 Å². The second kappa shape index (κ2) is 19.0. The molecule has 0 saturated carbocycles. The van der Waals surface area contributed by atoms with Crippen molar-refractivity contribution in [2.24, 2.45) is 0 Å². The summed E-state index contributed by atoms with van der Waals surface area (Å²) in [5.41, 5.74) is 18.9. The molecule has 0 radical (unpaired) electrons. The Balaban J connectivity index is 1.82. The van der Waals surface area contributed by atoms with Crippen LogP contribution in [0.25, 0.3) is 0 Å². The van der Waals surface area contributed by atoms with Gasteiger partial charge in [0.05, 0.1) is 11.4 Å². The summed E-state index contributed by atoms with van der Waals surface area (Å²) < 4.78 is 0. The van der Waals surface area contributed by atoms with E-state index in [1.54, 1.807) is 0 Å². The molecule has 0 aromatic heterocycles. The summed E-state index contributed by atoms with van der Waals surface area (Å²) >= 11 is 0. The summed E-state index contributed by atoms with van der Waals surface area (Å²) in [6, 6.07) is 37.8. The minimum atomic E-state index is 1.06. The first-order chi connectivity index (χ1) is 25.3. The van der Waals surface area contributed by atoms with E-state index in [9.17, 15) is 0 Å². The van der Waals surface area contributed by atoms with Crippen LogP contribution < -0.4 is 9.80 Å². The van der Waals surface area contributed by atoms with Crippen LogP contribution in [0.5, 0.6) is 0 Å². The second-order valence-corrected chi connectivity index (χ2v) is 14.9. The Morgan fingerprint density at radius 1 is 0.346 bits per heavy atom. The van der Waals surface area contributed by atoms with Crippen molar-refractivity contribution in [3.63, 3.8) is 0 Å². The van der Waals surface area contributed by atoms with Crippen LogP contribution in [0.4, 0.5) is 34.1 Å². The lowest BCUT2D eigenvalue weighted by molar-refractivity contribution is 0.867. The summed E-state index contributed by atoms with van der Waals surface area (Å²) in [7, 11) is 0. The van der Waals surface area contributed by atoms with Gasteiger partial charge in [0.2, 0.25) is 0 Å². The molecule has 0 amide bonds. The maximum Gasteiger partial charge on any atom is 0.0525 e. The number of anilines is 6. The van der Waals surface area contributed by atoms with Crippen LogP contribution in [0.15, 0.2) is 97.1 Å². The molecule has 2 nitrogen and oxygen atoms in total. The van der Waals surface area contributed by atoms with Gasteiger partial charge < -0.3 is 9.80 Å². The molecule has 5 aromatic carbocycles. The van der Waals surface area contributed by atoms with Gasteiger partial charge in [-0.25, -0.2) is 0 Å². The highest BCUT2D eigenvalue weighted by molar-refractivity contribution is 5.86. The molecule has 5 aromatic rings. The van der Waals surface area contributed by atoms with Gasteiger partial charge in [-0.05, 0) is 128 Å². The fourth-order valence-corrected chi connectivity index (χ4v) is 7.92. The summed E-state index contributed by atoms with van der Waals surface area (Å²) in [4.78, 5) is 5.15. The first kappa shape index (κ1) is 38.9. The predicted molar refractivity (Wildman–Crippen MR) is 229 cm³/mol. The molecule has 0 unspecified atom stereocenters. The van der Waals surface area contributed by atoms with E-state index in [0.717, 1.165) is 77.0 Å². The van der Waals surface area contributed by atoms with E-state index >= 15 is 0 Å². The smallest absolute Gasteiger partial charge is 0.0525 e. The minimum Gasteiger partial charge on any atom is -0.310 e. The Morgan fingerprint density at radius 3 is 0.942 bits per heavy atom. The molecule has 0 heterocycles. The zero-order valence-corrected chi connectivity index (χ0v) is 33.6. The minimum absolute atomic E-state index is 1.06. The lowest BCUT2D eigenvalue weighted by Gasteiger charge is -2.34. The first-order valence-electron chi connectivity index (χ1n) is 20.5. The van der Waals surface area contributed by atoms with Gasteiger partial charge in [0.1, 0.15) is 0 Å². The first-order valence-corrected chi connectivity index (χ1v) is 20.5. The molecule has 0 aliphatic heterocycles. The summed E-state index contributed by atoms with van der Waals surface area (Å²) in [5, 5.41) is 0. The zero-order valence-electron chi connectivity index (χ0n) is 33.6. The topological polar surface area (TPSA) is 6.48 Å². The van der Waals surface area contributed by atoms with Crippen molar-refractivity contribution in [3.8, 4) is 0 Å². The maximum atomic E-state index is 2.58. The third-order valence-electron chi connectivity index (χ3n) is 10.2. The highest BCUT2D eigenvalue weighted by Crippen LogP contribution is 2.45. The van der Waals surface area contributed by atoms with E-state index in [1.165, 1.54) is 78.6 Å².